The highest BCUT2D eigenvalue weighted by Crippen LogP contribution is 2.28. The average Bonchev–Trinajstić information content (AvgIpc) is 3.17. The van der Waals surface area contributed by atoms with Gasteiger partial charge in [0, 0.05) is 18.7 Å². The Morgan fingerprint density at radius 3 is 2.75 bits per heavy atom. The van der Waals surface area contributed by atoms with Crippen molar-refractivity contribution in [2.24, 2.45) is 5.92 Å². The molecule has 1 saturated heterocycles. The van der Waals surface area contributed by atoms with Gasteiger partial charge in [-0.05, 0) is 50.5 Å². The predicted molar refractivity (Wildman–Crippen MR) is 102 cm³/mol. The van der Waals surface area contributed by atoms with Crippen LogP contribution in [0.25, 0.3) is 0 Å². The summed E-state index contributed by atoms with van der Waals surface area (Å²) in [6.45, 7) is 7.38. The van der Waals surface area contributed by atoms with Crippen LogP contribution in [0.3, 0.4) is 0 Å². The molecule has 0 saturated carbocycles. The van der Waals surface area contributed by atoms with Crippen molar-refractivity contribution in [3.8, 4) is 11.5 Å². The number of β-amino-alcohol motifs (C(OH)–C–C–N with tert-alkyl or cyclic N) is 1. The van der Waals surface area contributed by atoms with E-state index in [2.05, 4.69) is 5.32 Å². The minimum absolute atomic E-state index is 0.101. The van der Waals surface area contributed by atoms with Crippen molar-refractivity contribution in [3.63, 3.8) is 0 Å². The first-order valence-electron chi connectivity index (χ1n) is 9.44. The molecule has 1 unspecified atom stereocenters. The van der Waals surface area contributed by atoms with Crippen molar-refractivity contribution in [2.45, 2.75) is 45.4 Å². The van der Waals surface area contributed by atoms with E-state index < -0.39 is 11.6 Å². The van der Waals surface area contributed by atoms with Crippen molar-refractivity contribution in [1.82, 2.24) is 5.32 Å². The lowest BCUT2D eigenvalue weighted by Crippen LogP contribution is -2.48. The minimum Gasteiger partial charge on any atom is -0.504 e. The molecule has 8 heteroatoms. The van der Waals surface area contributed by atoms with E-state index in [4.69, 9.17) is 14.2 Å². The van der Waals surface area contributed by atoms with Crippen molar-refractivity contribution in [1.29, 1.82) is 0 Å². The zero-order valence-electron chi connectivity index (χ0n) is 16.7. The maximum atomic E-state index is 11.9. The van der Waals surface area contributed by atoms with E-state index in [9.17, 15) is 20.1 Å². The third-order valence-corrected chi connectivity index (χ3v) is 4.66. The van der Waals surface area contributed by atoms with E-state index in [-0.39, 0.29) is 49.8 Å². The fraction of sp³-hybridized carbons (Fsp3) is 0.650. The molecule has 0 bridgehead atoms. The average molecular weight is 397 g/mol. The first-order valence-corrected chi connectivity index (χ1v) is 9.44. The van der Waals surface area contributed by atoms with Crippen LogP contribution < -0.4 is 5.32 Å². The third-order valence-electron chi connectivity index (χ3n) is 4.66. The van der Waals surface area contributed by atoms with Gasteiger partial charge >= 0.3 is 5.97 Å². The normalized spacial score (nSPS) is 18.2. The number of benzene rings is 1. The van der Waals surface area contributed by atoms with Gasteiger partial charge in [-0.15, -0.1) is 0 Å². The number of aliphatic hydroxyl groups excluding tert-OH is 1. The summed E-state index contributed by atoms with van der Waals surface area (Å²) in [5, 5.41) is 32.3. The summed E-state index contributed by atoms with van der Waals surface area (Å²) in [6, 6.07) is 2.91. The molecule has 1 heterocycles. The van der Waals surface area contributed by atoms with Crippen molar-refractivity contribution in [3.05, 3.63) is 23.3 Å². The lowest BCUT2D eigenvalue weighted by atomic mass is 10.1. The first kappa shape index (κ1) is 22.4. The van der Waals surface area contributed by atoms with E-state index in [1.165, 1.54) is 12.1 Å². The van der Waals surface area contributed by atoms with Crippen LogP contribution >= 0.6 is 0 Å². The number of carbonyl (C=O) groups excluding carboxylic acids is 1. The molecule has 0 amide bonds. The van der Waals surface area contributed by atoms with Gasteiger partial charge in [-0.1, -0.05) is 0 Å². The molecule has 0 radical (unpaired) electrons. The van der Waals surface area contributed by atoms with Crippen LogP contribution in [0.1, 0.15) is 31.4 Å². The topological polar surface area (TPSA) is 117 Å². The first-order chi connectivity index (χ1) is 13.2. The van der Waals surface area contributed by atoms with E-state index in [0.29, 0.717) is 19.6 Å². The Labute approximate surface area is 165 Å². The Morgan fingerprint density at radius 1 is 1.36 bits per heavy atom. The molecule has 0 aromatic heterocycles. The summed E-state index contributed by atoms with van der Waals surface area (Å²) < 4.78 is 16.1. The molecule has 28 heavy (non-hydrogen) atoms. The van der Waals surface area contributed by atoms with Crippen LogP contribution in [0.15, 0.2) is 12.1 Å². The molecule has 1 aliphatic rings. The number of hydrogen-bond donors (Lipinski definition) is 4. The number of aryl methyl sites for hydroxylation is 1. The van der Waals surface area contributed by atoms with Crippen LogP contribution in [-0.2, 0) is 25.6 Å². The molecule has 1 aliphatic heterocycles. The molecule has 2 atom stereocenters. The molecule has 0 spiro atoms. The highest BCUT2D eigenvalue weighted by Gasteiger charge is 2.27. The van der Waals surface area contributed by atoms with E-state index in [0.717, 1.165) is 11.1 Å². The highest BCUT2D eigenvalue weighted by atomic mass is 16.5. The van der Waals surface area contributed by atoms with Gasteiger partial charge in [0.05, 0.1) is 31.8 Å². The standard InChI is InChI=1S/C20H31NO7/c1-13-6-17(23)18(24)7-15(13)10-27-11-16(22)8-21-20(2,3)12-28-19(25)14-4-5-26-9-14/h6-7,14,16,21-24H,4-5,8-12H2,1-3H3/t14-,16?/m0/s1. The lowest BCUT2D eigenvalue weighted by Gasteiger charge is -2.27. The van der Waals surface area contributed by atoms with E-state index >= 15 is 0 Å². The van der Waals surface area contributed by atoms with Crippen LogP contribution in [0.5, 0.6) is 11.5 Å². The van der Waals surface area contributed by atoms with Gasteiger partial charge in [0.25, 0.3) is 0 Å². The Kier molecular flexibility index (Phi) is 8.06. The molecule has 4 N–H and O–H groups in total. The number of esters is 1. The summed E-state index contributed by atoms with van der Waals surface area (Å²) >= 11 is 0. The number of aromatic hydroxyl groups is 2. The Balaban J connectivity index is 1.67. The molecular formula is C20H31NO7. The van der Waals surface area contributed by atoms with E-state index in [1.807, 2.05) is 13.8 Å². The largest absolute Gasteiger partial charge is 0.504 e. The third kappa shape index (κ3) is 6.94. The molecule has 1 aromatic carbocycles. The summed E-state index contributed by atoms with van der Waals surface area (Å²) in [6.07, 6.45) is -0.0506. The monoisotopic (exact) mass is 397 g/mol. The molecule has 158 valence electrons. The van der Waals surface area contributed by atoms with Crippen molar-refractivity contribution in [2.75, 3.05) is 33.0 Å². The highest BCUT2D eigenvalue weighted by molar-refractivity contribution is 5.72. The minimum atomic E-state index is -0.746. The number of aliphatic hydroxyl groups is 1. The number of phenols is 2. The summed E-state index contributed by atoms with van der Waals surface area (Å²) in [4.78, 5) is 11.9. The second-order valence-electron chi connectivity index (χ2n) is 7.87. The van der Waals surface area contributed by atoms with Crippen LogP contribution in [0.4, 0.5) is 0 Å². The quantitative estimate of drug-likeness (QED) is 0.344. The maximum Gasteiger partial charge on any atom is 0.311 e. The zero-order valence-corrected chi connectivity index (χ0v) is 16.7. The van der Waals surface area contributed by atoms with Gasteiger partial charge in [0.2, 0.25) is 0 Å². The van der Waals surface area contributed by atoms with E-state index in [1.54, 1.807) is 6.92 Å². The van der Waals surface area contributed by atoms with Gasteiger partial charge in [-0.2, -0.15) is 0 Å². The molecule has 1 fully saturated rings. The van der Waals surface area contributed by atoms with Crippen LogP contribution in [-0.4, -0.2) is 65.9 Å². The zero-order chi connectivity index (χ0) is 20.7. The second kappa shape index (κ2) is 10.1. The number of carbonyl (C=O) groups is 1. The predicted octanol–water partition coefficient (Wildman–Crippen LogP) is 1.23. The SMILES string of the molecule is Cc1cc(O)c(O)cc1COCC(O)CNC(C)(C)COC(=O)[C@H]1CCOC1. The molecule has 8 nitrogen and oxygen atoms in total. The molecule has 0 aliphatic carbocycles. The smallest absolute Gasteiger partial charge is 0.311 e. The summed E-state index contributed by atoms with van der Waals surface area (Å²) in [5.41, 5.74) is 1.03. The van der Waals surface area contributed by atoms with Gasteiger partial charge in [-0.3, -0.25) is 4.79 Å². The summed E-state index contributed by atoms with van der Waals surface area (Å²) in [7, 11) is 0. The van der Waals surface area contributed by atoms with Gasteiger partial charge in [0.15, 0.2) is 11.5 Å². The fourth-order valence-corrected chi connectivity index (χ4v) is 2.78. The number of ether oxygens (including phenoxy) is 3. The Morgan fingerprint density at radius 2 is 2.07 bits per heavy atom. The van der Waals surface area contributed by atoms with Crippen LogP contribution in [0.2, 0.25) is 0 Å². The molecule has 2 rings (SSSR count). The Bertz CT molecular complexity index is 656. The second-order valence-corrected chi connectivity index (χ2v) is 7.87. The summed E-state index contributed by atoms with van der Waals surface area (Å²) in [5.74, 6) is -0.804. The van der Waals surface area contributed by atoms with Gasteiger partial charge in [0.1, 0.15) is 6.61 Å². The number of rotatable bonds is 10. The van der Waals surface area contributed by atoms with Crippen LogP contribution in [0, 0.1) is 12.8 Å². The number of hydrogen-bond acceptors (Lipinski definition) is 8. The van der Waals surface area contributed by atoms with Gasteiger partial charge < -0.3 is 34.8 Å². The number of nitrogens with one attached hydrogen (secondary N) is 1. The molecular weight excluding hydrogens is 366 g/mol. The number of phenolic OH excluding ortho intramolecular Hbond substituents is 2. The van der Waals surface area contributed by atoms with Gasteiger partial charge in [-0.25, -0.2) is 0 Å². The maximum absolute atomic E-state index is 11.9. The van der Waals surface area contributed by atoms with Crippen molar-refractivity contribution < 1.29 is 34.3 Å². The fourth-order valence-electron chi connectivity index (χ4n) is 2.78. The molecule has 1 aromatic rings. The Hall–Kier alpha value is -1.87. The van der Waals surface area contributed by atoms with Crippen molar-refractivity contribution >= 4 is 5.97 Å². The lowest BCUT2D eigenvalue weighted by molar-refractivity contribution is -0.150.